The number of hydrogen-bond acceptors (Lipinski definition) is 1. The van der Waals surface area contributed by atoms with Gasteiger partial charge in [-0.3, -0.25) is 4.98 Å². The fourth-order valence-electron chi connectivity index (χ4n) is 3.99. The Morgan fingerprint density at radius 2 is 1.59 bits per heavy atom. The van der Waals surface area contributed by atoms with Crippen molar-refractivity contribution in [3.8, 4) is 11.3 Å². The summed E-state index contributed by atoms with van der Waals surface area (Å²) in [6, 6.07) is 22.0. The molecular weight excluding hydrogens is 328 g/mol. The largest absolute Gasteiger partial charge is 0.339 e. The first-order valence-corrected chi connectivity index (χ1v) is 9.85. The van der Waals surface area contributed by atoms with Crippen molar-refractivity contribution in [2.24, 2.45) is 0 Å². The molecule has 0 amide bonds. The maximum atomic E-state index is 4.88. The third-order valence-electron chi connectivity index (χ3n) is 5.56. The minimum atomic E-state index is 0.283. The topological polar surface area (TPSA) is 17.8 Å². The standard InChI is InChI=1S/C25H26N2/c1-4-19-12-9-13-20(5-2)25(19)23-16-22-14-15-27(24(22)17-26-23)18(3)21-10-7-6-8-11-21/h6-18H,4-5H2,1-3H3. The molecule has 0 aliphatic heterocycles. The van der Waals surface area contributed by atoms with Crippen molar-refractivity contribution < 1.29 is 0 Å². The van der Waals surface area contributed by atoms with E-state index in [9.17, 15) is 0 Å². The molecule has 1 unspecified atom stereocenters. The molecule has 0 saturated heterocycles. The Morgan fingerprint density at radius 3 is 2.26 bits per heavy atom. The van der Waals surface area contributed by atoms with Crippen LogP contribution in [0.4, 0.5) is 0 Å². The molecule has 0 fully saturated rings. The smallest absolute Gasteiger partial charge is 0.0715 e. The van der Waals surface area contributed by atoms with Crippen LogP contribution in [0.15, 0.2) is 73.1 Å². The second-order valence-corrected chi connectivity index (χ2v) is 7.10. The molecule has 0 saturated carbocycles. The average molecular weight is 354 g/mol. The summed E-state index contributed by atoms with van der Waals surface area (Å²) in [6.45, 7) is 6.67. The number of aryl methyl sites for hydroxylation is 2. The van der Waals surface area contributed by atoms with E-state index in [0.717, 1.165) is 18.5 Å². The lowest BCUT2D eigenvalue weighted by molar-refractivity contribution is 0.663. The molecule has 0 aliphatic carbocycles. The van der Waals surface area contributed by atoms with Gasteiger partial charge >= 0.3 is 0 Å². The SMILES string of the molecule is CCc1cccc(CC)c1-c1cc2ccn(C(C)c3ccccc3)c2cn1. The molecule has 4 aromatic rings. The molecule has 2 heteroatoms. The monoisotopic (exact) mass is 354 g/mol. The Kier molecular flexibility index (Phi) is 4.81. The molecule has 1 atom stereocenters. The molecule has 0 radical (unpaired) electrons. The molecule has 27 heavy (non-hydrogen) atoms. The predicted octanol–water partition coefficient (Wildman–Crippen LogP) is 6.44. The van der Waals surface area contributed by atoms with Crippen molar-refractivity contribution in [3.63, 3.8) is 0 Å². The number of rotatable bonds is 5. The van der Waals surface area contributed by atoms with Gasteiger partial charge in [0.05, 0.1) is 23.4 Å². The van der Waals surface area contributed by atoms with Gasteiger partial charge in [0.2, 0.25) is 0 Å². The maximum Gasteiger partial charge on any atom is 0.0715 e. The quantitative estimate of drug-likeness (QED) is 0.403. The Bertz CT molecular complexity index is 1040. The lowest BCUT2D eigenvalue weighted by Crippen LogP contribution is -2.05. The maximum absolute atomic E-state index is 4.88. The van der Waals surface area contributed by atoms with E-state index in [2.05, 4.69) is 92.2 Å². The Hall–Kier alpha value is -2.87. The molecule has 2 aromatic heterocycles. The number of fused-ring (bicyclic) bond motifs is 1. The fraction of sp³-hybridized carbons (Fsp3) is 0.240. The molecule has 0 bridgehead atoms. The van der Waals surface area contributed by atoms with Gasteiger partial charge in [0.1, 0.15) is 0 Å². The van der Waals surface area contributed by atoms with Crippen LogP contribution < -0.4 is 0 Å². The number of nitrogens with zero attached hydrogens (tertiary/aromatic N) is 2. The van der Waals surface area contributed by atoms with Gasteiger partial charge in [0, 0.05) is 17.1 Å². The number of hydrogen-bond donors (Lipinski definition) is 0. The van der Waals surface area contributed by atoms with E-state index >= 15 is 0 Å². The highest BCUT2D eigenvalue weighted by atomic mass is 15.0. The van der Waals surface area contributed by atoms with Crippen molar-refractivity contribution in [1.82, 2.24) is 9.55 Å². The lowest BCUT2D eigenvalue weighted by atomic mass is 9.94. The zero-order valence-corrected chi connectivity index (χ0v) is 16.3. The van der Waals surface area contributed by atoms with Gasteiger partial charge in [0.25, 0.3) is 0 Å². The predicted molar refractivity (Wildman–Crippen MR) is 114 cm³/mol. The average Bonchev–Trinajstić information content (AvgIpc) is 3.16. The van der Waals surface area contributed by atoms with Crippen LogP contribution >= 0.6 is 0 Å². The summed E-state index contributed by atoms with van der Waals surface area (Å²) in [4.78, 5) is 4.88. The van der Waals surface area contributed by atoms with E-state index in [1.165, 1.54) is 33.2 Å². The number of benzene rings is 2. The normalized spacial score (nSPS) is 12.4. The Morgan fingerprint density at radius 1 is 0.889 bits per heavy atom. The highest BCUT2D eigenvalue weighted by Gasteiger charge is 2.14. The summed E-state index contributed by atoms with van der Waals surface area (Å²) in [7, 11) is 0. The minimum absolute atomic E-state index is 0.283. The first-order chi connectivity index (χ1) is 13.2. The van der Waals surface area contributed by atoms with E-state index in [1.54, 1.807) is 0 Å². The van der Waals surface area contributed by atoms with Gasteiger partial charge in [-0.25, -0.2) is 0 Å². The van der Waals surface area contributed by atoms with Gasteiger partial charge in [-0.2, -0.15) is 0 Å². The molecule has 136 valence electrons. The fourth-order valence-corrected chi connectivity index (χ4v) is 3.99. The van der Waals surface area contributed by atoms with Crippen LogP contribution in [0.3, 0.4) is 0 Å². The number of aromatic nitrogens is 2. The summed E-state index contributed by atoms with van der Waals surface area (Å²) in [6.07, 6.45) is 6.26. The first-order valence-electron chi connectivity index (χ1n) is 9.85. The van der Waals surface area contributed by atoms with E-state index in [-0.39, 0.29) is 6.04 Å². The lowest BCUT2D eigenvalue weighted by Gasteiger charge is -2.16. The van der Waals surface area contributed by atoms with Crippen molar-refractivity contribution in [2.45, 2.75) is 39.7 Å². The van der Waals surface area contributed by atoms with Gasteiger partial charge in [-0.1, -0.05) is 62.4 Å². The third-order valence-corrected chi connectivity index (χ3v) is 5.56. The second-order valence-electron chi connectivity index (χ2n) is 7.10. The van der Waals surface area contributed by atoms with Gasteiger partial charge in [-0.05, 0) is 48.6 Å². The van der Waals surface area contributed by atoms with Crippen molar-refractivity contribution in [2.75, 3.05) is 0 Å². The molecule has 0 spiro atoms. The minimum Gasteiger partial charge on any atom is -0.339 e. The van der Waals surface area contributed by atoms with Gasteiger partial charge < -0.3 is 4.57 Å². The molecule has 4 rings (SSSR count). The summed E-state index contributed by atoms with van der Waals surface area (Å²) in [5.41, 5.74) is 7.64. The van der Waals surface area contributed by atoms with Gasteiger partial charge in [0.15, 0.2) is 0 Å². The second kappa shape index (κ2) is 7.40. The summed E-state index contributed by atoms with van der Waals surface area (Å²) in [5.74, 6) is 0. The van der Waals surface area contributed by atoms with Crippen molar-refractivity contribution >= 4 is 10.9 Å². The molecular formula is C25H26N2. The van der Waals surface area contributed by atoms with Gasteiger partial charge in [-0.15, -0.1) is 0 Å². The van der Waals surface area contributed by atoms with Crippen LogP contribution in [-0.4, -0.2) is 9.55 Å². The van der Waals surface area contributed by atoms with Crippen molar-refractivity contribution in [1.29, 1.82) is 0 Å². The molecule has 2 aromatic carbocycles. The van der Waals surface area contributed by atoms with Crippen LogP contribution in [0.1, 0.15) is 43.5 Å². The molecule has 0 N–H and O–H groups in total. The highest BCUT2D eigenvalue weighted by Crippen LogP contribution is 2.31. The molecule has 2 heterocycles. The van der Waals surface area contributed by atoms with Crippen LogP contribution in [0.5, 0.6) is 0 Å². The zero-order chi connectivity index (χ0) is 18.8. The van der Waals surface area contributed by atoms with Crippen LogP contribution in [0.25, 0.3) is 22.2 Å². The highest BCUT2D eigenvalue weighted by molar-refractivity contribution is 5.84. The van der Waals surface area contributed by atoms with Crippen LogP contribution in [0.2, 0.25) is 0 Å². The summed E-state index contributed by atoms with van der Waals surface area (Å²) in [5, 5.41) is 1.25. The van der Waals surface area contributed by atoms with E-state index in [4.69, 9.17) is 4.98 Å². The third kappa shape index (κ3) is 3.16. The van der Waals surface area contributed by atoms with Crippen LogP contribution in [-0.2, 0) is 12.8 Å². The summed E-state index contributed by atoms with van der Waals surface area (Å²) >= 11 is 0. The summed E-state index contributed by atoms with van der Waals surface area (Å²) < 4.78 is 2.31. The van der Waals surface area contributed by atoms with E-state index in [1.807, 2.05) is 6.20 Å². The molecule has 0 aliphatic rings. The van der Waals surface area contributed by atoms with Crippen molar-refractivity contribution in [3.05, 3.63) is 89.7 Å². The molecule has 2 nitrogen and oxygen atoms in total. The Balaban J connectivity index is 1.80. The number of pyridine rings is 1. The van der Waals surface area contributed by atoms with E-state index < -0.39 is 0 Å². The first kappa shape index (κ1) is 17.5. The van der Waals surface area contributed by atoms with Crippen LogP contribution in [0, 0.1) is 0 Å². The van der Waals surface area contributed by atoms with E-state index in [0.29, 0.717) is 0 Å². The zero-order valence-electron chi connectivity index (χ0n) is 16.3. The Labute approximate surface area is 161 Å².